The Kier molecular flexibility index (Phi) is 8.09. The number of halogens is 1. The van der Waals surface area contributed by atoms with E-state index in [9.17, 15) is 13.2 Å². The first-order valence-corrected chi connectivity index (χ1v) is 13.8. The number of amides is 1. The van der Waals surface area contributed by atoms with Gasteiger partial charge in [-0.15, -0.1) is 0 Å². The summed E-state index contributed by atoms with van der Waals surface area (Å²) in [4.78, 5) is 17.5. The summed E-state index contributed by atoms with van der Waals surface area (Å²) in [7, 11) is -2.11. The van der Waals surface area contributed by atoms with Crippen molar-refractivity contribution in [2.75, 3.05) is 57.9 Å². The second kappa shape index (κ2) is 11.1. The summed E-state index contributed by atoms with van der Waals surface area (Å²) in [5.74, 6) is 0.936. The molecular weight excluding hydrogens is 490 g/mol. The van der Waals surface area contributed by atoms with Gasteiger partial charge in [-0.1, -0.05) is 23.7 Å². The molecule has 0 aromatic heterocycles. The number of anilines is 1. The number of benzene rings is 2. The molecule has 10 heteroatoms. The summed E-state index contributed by atoms with van der Waals surface area (Å²) < 4.78 is 38.9. The number of carbonyl (C=O) groups excluding carboxylic acids is 1. The summed E-state index contributed by atoms with van der Waals surface area (Å²) in [6.45, 7) is 5.43. The molecule has 0 radical (unpaired) electrons. The van der Waals surface area contributed by atoms with Gasteiger partial charge in [0.2, 0.25) is 15.9 Å². The van der Waals surface area contributed by atoms with Gasteiger partial charge in [0.25, 0.3) is 0 Å². The average molecular weight is 522 g/mol. The molecule has 1 atom stereocenters. The molecule has 0 bridgehead atoms. The highest BCUT2D eigenvalue weighted by Gasteiger charge is 2.36. The van der Waals surface area contributed by atoms with E-state index in [1.54, 1.807) is 13.2 Å². The van der Waals surface area contributed by atoms with E-state index in [0.717, 1.165) is 11.4 Å². The number of piperidine rings is 1. The van der Waals surface area contributed by atoms with Crippen molar-refractivity contribution < 1.29 is 22.7 Å². The van der Waals surface area contributed by atoms with Gasteiger partial charge < -0.3 is 19.3 Å². The van der Waals surface area contributed by atoms with Gasteiger partial charge in [-0.25, -0.2) is 8.42 Å². The lowest BCUT2D eigenvalue weighted by molar-refractivity contribution is -0.137. The van der Waals surface area contributed by atoms with E-state index < -0.39 is 10.0 Å². The van der Waals surface area contributed by atoms with Gasteiger partial charge in [0.15, 0.2) is 0 Å². The smallest absolute Gasteiger partial charge is 0.243 e. The zero-order valence-corrected chi connectivity index (χ0v) is 21.7. The molecule has 2 saturated heterocycles. The van der Waals surface area contributed by atoms with Crippen molar-refractivity contribution in [3.05, 3.63) is 47.5 Å². The van der Waals surface area contributed by atoms with Crippen molar-refractivity contribution in [1.29, 1.82) is 0 Å². The van der Waals surface area contributed by atoms with Crippen molar-refractivity contribution >= 4 is 33.2 Å². The number of nitrogens with zero attached hydrogens (tertiary/aromatic N) is 3. The van der Waals surface area contributed by atoms with E-state index in [1.165, 1.54) is 16.4 Å². The lowest BCUT2D eigenvalue weighted by Crippen LogP contribution is -2.53. The van der Waals surface area contributed by atoms with Crippen LogP contribution in [0.4, 0.5) is 5.69 Å². The van der Waals surface area contributed by atoms with Crippen molar-refractivity contribution in [2.24, 2.45) is 5.92 Å². The number of methoxy groups -OCH3 is 1. The minimum atomic E-state index is -3.77. The Morgan fingerprint density at radius 2 is 1.80 bits per heavy atom. The molecule has 0 aliphatic carbocycles. The van der Waals surface area contributed by atoms with Gasteiger partial charge in [-0.05, 0) is 50.1 Å². The maximum absolute atomic E-state index is 13.3. The highest BCUT2D eigenvalue weighted by molar-refractivity contribution is 7.89. The summed E-state index contributed by atoms with van der Waals surface area (Å²) in [5.41, 5.74) is 1.02. The molecule has 0 N–H and O–H groups in total. The van der Waals surface area contributed by atoms with Crippen LogP contribution < -0.4 is 14.4 Å². The summed E-state index contributed by atoms with van der Waals surface area (Å²) in [6.07, 6.45) is 1.32. The van der Waals surface area contributed by atoms with Crippen LogP contribution in [0.1, 0.15) is 19.8 Å². The monoisotopic (exact) mass is 521 g/mol. The Bertz CT molecular complexity index is 1150. The summed E-state index contributed by atoms with van der Waals surface area (Å²) in [6, 6.07) is 12.4. The van der Waals surface area contributed by atoms with Gasteiger partial charge in [0.05, 0.1) is 35.2 Å². The van der Waals surface area contributed by atoms with E-state index in [4.69, 9.17) is 21.1 Å². The van der Waals surface area contributed by atoms with Crippen LogP contribution in [-0.4, -0.2) is 76.5 Å². The van der Waals surface area contributed by atoms with Crippen LogP contribution in [0.5, 0.6) is 11.5 Å². The molecule has 2 aliphatic rings. The zero-order valence-electron chi connectivity index (χ0n) is 20.2. The normalized spacial score (nSPS) is 19.5. The second-order valence-corrected chi connectivity index (χ2v) is 11.1. The molecule has 8 nitrogen and oxygen atoms in total. The first-order chi connectivity index (χ1) is 16.8. The first kappa shape index (κ1) is 25.6. The molecule has 1 amide bonds. The number of hydrogen-bond donors (Lipinski definition) is 0. The number of piperazine rings is 1. The van der Waals surface area contributed by atoms with E-state index in [0.29, 0.717) is 57.9 Å². The number of ether oxygens (including phenoxy) is 2. The standard InChI is InChI=1S/C25H32ClN3O5S/c1-3-34-23-11-10-20(17-21(23)26)35(31,32)29-12-6-7-19(18-29)25(30)28-15-13-27(14-16-28)22-8-4-5-9-24(22)33-2/h4-5,8-11,17,19H,3,6-7,12-16,18H2,1-2H3/t19-/m0/s1. The fourth-order valence-electron chi connectivity index (χ4n) is 4.74. The number of sulfonamides is 1. The van der Waals surface area contributed by atoms with Crippen LogP contribution in [0.25, 0.3) is 0 Å². The average Bonchev–Trinajstić information content (AvgIpc) is 2.89. The maximum atomic E-state index is 13.3. The Morgan fingerprint density at radius 1 is 1.06 bits per heavy atom. The van der Waals surface area contributed by atoms with Gasteiger partial charge >= 0.3 is 0 Å². The Hall–Kier alpha value is -2.49. The third-order valence-corrected chi connectivity index (χ3v) is 8.75. The third kappa shape index (κ3) is 5.52. The molecule has 2 aliphatic heterocycles. The molecule has 2 aromatic carbocycles. The lowest BCUT2D eigenvalue weighted by Gasteiger charge is -2.39. The van der Waals surface area contributed by atoms with Gasteiger partial charge in [0, 0.05) is 39.3 Å². The minimum absolute atomic E-state index is 0.0225. The predicted octanol–water partition coefficient (Wildman–Crippen LogP) is 3.50. The molecule has 190 valence electrons. The highest BCUT2D eigenvalue weighted by atomic mass is 35.5. The fourth-order valence-corrected chi connectivity index (χ4v) is 6.59. The quantitative estimate of drug-likeness (QED) is 0.555. The van der Waals surface area contributed by atoms with Gasteiger partial charge in [0.1, 0.15) is 11.5 Å². The van der Waals surface area contributed by atoms with Crippen molar-refractivity contribution in [3.8, 4) is 11.5 Å². The largest absolute Gasteiger partial charge is 0.495 e. The fraction of sp³-hybridized carbons (Fsp3) is 0.480. The molecule has 0 spiro atoms. The number of rotatable bonds is 7. The number of hydrogen-bond acceptors (Lipinski definition) is 6. The summed E-state index contributed by atoms with van der Waals surface area (Å²) >= 11 is 6.23. The Labute approximate surface area is 212 Å². The van der Waals surface area contributed by atoms with E-state index in [1.807, 2.05) is 36.1 Å². The Morgan fingerprint density at radius 3 is 2.49 bits per heavy atom. The molecule has 2 heterocycles. The molecule has 0 saturated carbocycles. The van der Waals surface area contributed by atoms with Crippen LogP contribution in [0.3, 0.4) is 0 Å². The first-order valence-electron chi connectivity index (χ1n) is 11.9. The van der Waals surface area contributed by atoms with Gasteiger partial charge in [-0.3, -0.25) is 4.79 Å². The van der Waals surface area contributed by atoms with E-state index in [-0.39, 0.29) is 28.3 Å². The molecule has 4 rings (SSSR count). The topological polar surface area (TPSA) is 79.4 Å². The predicted molar refractivity (Wildman–Crippen MR) is 136 cm³/mol. The van der Waals surface area contributed by atoms with Crippen LogP contribution in [0, 0.1) is 5.92 Å². The van der Waals surface area contributed by atoms with Crippen molar-refractivity contribution in [3.63, 3.8) is 0 Å². The molecule has 35 heavy (non-hydrogen) atoms. The molecule has 0 unspecified atom stereocenters. The lowest BCUT2D eigenvalue weighted by atomic mass is 9.97. The van der Waals surface area contributed by atoms with Crippen LogP contribution in [0.2, 0.25) is 5.02 Å². The maximum Gasteiger partial charge on any atom is 0.243 e. The van der Waals surface area contributed by atoms with Crippen molar-refractivity contribution in [2.45, 2.75) is 24.7 Å². The highest BCUT2D eigenvalue weighted by Crippen LogP contribution is 2.32. The molecule has 2 aromatic rings. The zero-order chi connectivity index (χ0) is 25.0. The minimum Gasteiger partial charge on any atom is -0.495 e. The second-order valence-electron chi connectivity index (χ2n) is 8.71. The van der Waals surface area contributed by atoms with E-state index in [2.05, 4.69) is 4.90 Å². The van der Waals surface area contributed by atoms with Crippen LogP contribution >= 0.6 is 11.6 Å². The Balaban J connectivity index is 1.40. The van der Waals surface area contributed by atoms with Crippen LogP contribution in [0.15, 0.2) is 47.4 Å². The number of carbonyl (C=O) groups is 1. The SMILES string of the molecule is CCOc1ccc(S(=O)(=O)N2CCC[C@H](C(=O)N3CCN(c4ccccc4OC)CC3)C2)cc1Cl. The van der Waals surface area contributed by atoms with E-state index >= 15 is 0 Å². The summed E-state index contributed by atoms with van der Waals surface area (Å²) in [5, 5.41) is 0.255. The third-order valence-electron chi connectivity index (χ3n) is 6.59. The van der Waals surface area contributed by atoms with Crippen molar-refractivity contribution in [1.82, 2.24) is 9.21 Å². The number of para-hydroxylation sites is 2. The van der Waals surface area contributed by atoms with Gasteiger partial charge in [-0.2, -0.15) is 4.31 Å². The molecule has 2 fully saturated rings. The van der Waals surface area contributed by atoms with Crippen LogP contribution in [-0.2, 0) is 14.8 Å². The molecular formula is C25H32ClN3O5S.